The second-order valence-electron chi connectivity index (χ2n) is 5.41. The molecule has 0 saturated heterocycles. The molecule has 106 valence electrons. The van der Waals surface area contributed by atoms with Gasteiger partial charge in [0.15, 0.2) is 0 Å². The topological polar surface area (TPSA) is 50.9 Å². The largest absolute Gasteiger partial charge is 0.385 e. The van der Waals surface area contributed by atoms with Gasteiger partial charge in [-0.15, -0.1) is 0 Å². The van der Waals surface area contributed by atoms with Gasteiger partial charge >= 0.3 is 0 Å². The zero-order valence-electron chi connectivity index (χ0n) is 11.5. The molecule has 0 amide bonds. The van der Waals surface area contributed by atoms with Crippen molar-refractivity contribution < 1.29 is 9.50 Å². The molecule has 0 spiro atoms. The summed E-state index contributed by atoms with van der Waals surface area (Å²) in [5.74, 6) is 0.536. The molecule has 1 N–H and O–H groups in total. The highest BCUT2D eigenvalue weighted by Gasteiger charge is 2.38. The Bertz CT molecular complexity index is 625. The van der Waals surface area contributed by atoms with Gasteiger partial charge < -0.3 is 5.11 Å². The van der Waals surface area contributed by atoms with Crippen molar-refractivity contribution in [2.75, 3.05) is 0 Å². The monoisotopic (exact) mass is 275 g/mol. The number of aliphatic hydroxyl groups is 1. The first kappa shape index (κ1) is 13.2. The average molecular weight is 275 g/mol. The van der Waals surface area contributed by atoms with Crippen LogP contribution in [-0.2, 0) is 25.0 Å². The molecule has 0 saturated carbocycles. The number of fused-ring (bicyclic) bond motifs is 1. The molecule has 0 fully saturated rings. The first-order valence-corrected chi connectivity index (χ1v) is 7.00. The zero-order chi connectivity index (χ0) is 14.2. The Kier molecular flexibility index (Phi) is 3.30. The van der Waals surface area contributed by atoms with Crippen LogP contribution in [0.2, 0.25) is 0 Å². The molecule has 5 heteroatoms. The van der Waals surface area contributed by atoms with Gasteiger partial charge in [0.05, 0.1) is 5.60 Å². The predicted molar refractivity (Wildman–Crippen MR) is 72.6 cm³/mol. The van der Waals surface area contributed by atoms with Crippen LogP contribution in [0.5, 0.6) is 0 Å². The summed E-state index contributed by atoms with van der Waals surface area (Å²) >= 11 is 0. The van der Waals surface area contributed by atoms with Crippen molar-refractivity contribution in [3.05, 3.63) is 47.3 Å². The van der Waals surface area contributed by atoms with E-state index in [1.54, 1.807) is 6.07 Å². The van der Waals surface area contributed by atoms with E-state index in [2.05, 4.69) is 17.0 Å². The van der Waals surface area contributed by atoms with E-state index in [1.165, 1.54) is 18.5 Å². The van der Waals surface area contributed by atoms with Gasteiger partial charge in [-0.05, 0) is 42.5 Å². The molecule has 1 aromatic heterocycles. The number of nitrogens with zero attached hydrogens (tertiary/aromatic N) is 3. The molecule has 0 bridgehead atoms. The molecule has 3 rings (SSSR count). The van der Waals surface area contributed by atoms with Crippen molar-refractivity contribution in [2.24, 2.45) is 0 Å². The summed E-state index contributed by atoms with van der Waals surface area (Å²) in [6.45, 7) is 2.87. The first-order valence-electron chi connectivity index (χ1n) is 7.00. The lowest BCUT2D eigenvalue weighted by Crippen LogP contribution is -2.27. The summed E-state index contributed by atoms with van der Waals surface area (Å²) in [7, 11) is 0. The van der Waals surface area contributed by atoms with Gasteiger partial charge in [-0.1, -0.05) is 13.0 Å². The molecule has 1 heterocycles. The van der Waals surface area contributed by atoms with Crippen molar-refractivity contribution in [2.45, 2.75) is 44.8 Å². The van der Waals surface area contributed by atoms with Crippen LogP contribution in [0, 0.1) is 5.82 Å². The minimum atomic E-state index is -0.957. The summed E-state index contributed by atoms with van der Waals surface area (Å²) in [5, 5.41) is 15.1. The summed E-state index contributed by atoms with van der Waals surface area (Å²) in [5.41, 5.74) is 0.765. The minimum Gasteiger partial charge on any atom is -0.385 e. The lowest BCUT2D eigenvalue weighted by molar-refractivity contribution is 0.0357. The molecule has 1 aromatic carbocycles. The Morgan fingerprint density at radius 2 is 2.30 bits per heavy atom. The van der Waals surface area contributed by atoms with Crippen molar-refractivity contribution in [3.63, 3.8) is 0 Å². The van der Waals surface area contributed by atoms with Crippen LogP contribution in [-0.4, -0.2) is 19.9 Å². The van der Waals surface area contributed by atoms with E-state index in [0.29, 0.717) is 19.3 Å². The number of rotatable bonds is 4. The van der Waals surface area contributed by atoms with Gasteiger partial charge in [0.25, 0.3) is 0 Å². The molecular formula is C15H18FN3O. The van der Waals surface area contributed by atoms with Crippen LogP contribution in [0.4, 0.5) is 4.39 Å². The van der Waals surface area contributed by atoms with E-state index >= 15 is 0 Å². The fourth-order valence-electron chi connectivity index (χ4n) is 2.97. The highest BCUT2D eigenvalue weighted by atomic mass is 19.1. The van der Waals surface area contributed by atoms with Gasteiger partial charge in [0, 0.05) is 13.0 Å². The highest BCUT2D eigenvalue weighted by molar-refractivity contribution is 5.38. The molecule has 2 aromatic rings. The Hall–Kier alpha value is -1.75. The van der Waals surface area contributed by atoms with Crippen molar-refractivity contribution in [3.8, 4) is 0 Å². The number of benzene rings is 1. The lowest BCUT2D eigenvalue weighted by atomic mass is 9.92. The predicted octanol–water partition coefficient (Wildman–Crippen LogP) is 2.20. The maximum absolute atomic E-state index is 13.2. The summed E-state index contributed by atoms with van der Waals surface area (Å²) in [4.78, 5) is 4.25. The van der Waals surface area contributed by atoms with E-state index in [-0.39, 0.29) is 5.82 Å². The van der Waals surface area contributed by atoms with Crippen LogP contribution in [0.25, 0.3) is 0 Å². The third-order valence-electron chi connectivity index (χ3n) is 3.96. The third kappa shape index (κ3) is 2.22. The Morgan fingerprint density at radius 1 is 1.45 bits per heavy atom. The van der Waals surface area contributed by atoms with E-state index in [0.717, 1.165) is 29.9 Å². The standard InChI is InChI=1S/C15H18FN3O/c1-2-7-19-14(17-10-18-19)9-15(20)6-5-11-8-12(16)3-4-13(11)15/h3-4,8,10,20H,2,5-7,9H2,1H3. The van der Waals surface area contributed by atoms with Gasteiger partial charge in [0.1, 0.15) is 18.0 Å². The SMILES string of the molecule is CCCn1ncnc1CC1(O)CCc2cc(F)ccc21. The maximum atomic E-state index is 13.2. The molecular weight excluding hydrogens is 257 g/mol. The fourth-order valence-corrected chi connectivity index (χ4v) is 2.97. The van der Waals surface area contributed by atoms with E-state index in [1.807, 2.05) is 4.68 Å². The second-order valence-corrected chi connectivity index (χ2v) is 5.41. The van der Waals surface area contributed by atoms with Crippen LogP contribution in [0.1, 0.15) is 36.7 Å². The van der Waals surface area contributed by atoms with Gasteiger partial charge in [-0.2, -0.15) is 5.10 Å². The summed E-state index contributed by atoms with van der Waals surface area (Å²) in [6.07, 6.45) is 4.22. The minimum absolute atomic E-state index is 0.248. The summed E-state index contributed by atoms with van der Waals surface area (Å²) < 4.78 is 15.1. The van der Waals surface area contributed by atoms with E-state index in [9.17, 15) is 9.50 Å². The number of aromatic nitrogens is 3. The van der Waals surface area contributed by atoms with Crippen molar-refractivity contribution in [1.29, 1.82) is 0 Å². The van der Waals surface area contributed by atoms with Crippen molar-refractivity contribution >= 4 is 0 Å². The highest BCUT2D eigenvalue weighted by Crippen LogP contribution is 2.39. The van der Waals surface area contributed by atoms with Gasteiger partial charge in [0.2, 0.25) is 0 Å². The van der Waals surface area contributed by atoms with E-state index in [4.69, 9.17) is 0 Å². The number of halogens is 1. The molecule has 4 nitrogen and oxygen atoms in total. The Balaban J connectivity index is 1.90. The van der Waals surface area contributed by atoms with Crippen molar-refractivity contribution in [1.82, 2.24) is 14.8 Å². The normalized spacial score (nSPS) is 21.1. The number of aryl methyl sites for hydroxylation is 2. The van der Waals surface area contributed by atoms with Crippen LogP contribution in [0.15, 0.2) is 24.5 Å². The van der Waals surface area contributed by atoms with Gasteiger partial charge in [-0.3, -0.25) is 0 Å². The second kappa shape index (κ2) is 4.98. The molecule has 20 heavy (non-hydrogen) atoms. The average Bonchev–Trinajstić information content (AvgIpc) is 2.96. The molecule has 1 atom stereocenters. The molecule has 0 aliphatic heterocycles. The van der Waals surface area contributed by atoms with Crippen LogP contribution < -0.4 is 0 Å². The quantitative estimate of drug-likeness (QED) is 0.930. The Labute approximate surface area is 117 Å². The number of hydrogen-bond donors (Lipinski definition) is 1. The Morgan fingerprint density at radius 3 is 3.10 bits per heavy atom. The van der Waals surface area contributed by atoms with Crippen LogP contribution >= 0.6 is 0 Å². The lowest BCUT2D eigenvalue weighted by Gasteiger charge is -2.23. The molecule has 1 aliphatic rings. The molecule has 1 unspecified atom stereocenters. The molecule has 0 radical (unpaired) electrons. The van der Waals surface area contributed by atoms with E-state index < -0.39 is 5.60 Å². The van der Waals surface area contributed by atoms with Crippen LogP contribution in [0.3, 0.4) is 0 Å². The smallest absolute Gasteiger partial charge is 0.138 e. The fraction of sp³-hybridized carbons (Fsp3) is 0.467. The first-order chi connectivity index (χ1) is 9.62. The zero-order valence-corrected chi connectivity index (χ0v) is 11.5. The van der Waals surface area contributed by atoms with Gasteiger partial charge in [-0.25, -0.2) is 14.1 Å². The third-order valence-corrected chi connectivity index (χ3v) is 3.96. The summed E-state index contributed by atoms with van der Waals surface area (Å²) in [6, 6.07) is 4.62. The molecule has 1 aliphatic carbocycles. The number of hydrogen-bond acceptors (Lipinski definition) is 3. The maximum Gasteiger partial charge on any atom is 0.138 e.